The van der Waals surface area contributed by atoms with Crippen LogP contribution in [0.3, 0.4) is 0 Å². The average Bonchev–Trinajstić information content (AvgIpc) is 2.42. The molecule has 1 aromatic rings. The number of halogens is 3. The fourth-order valence-electron chi connectivity index (χ4n) is 1.58. The molecular formula is C14H20F3NO3. The minimum Gasteiger partial charge on any atom is -0.490 e. The Kier molecular flexibility index (Phi) is 7.31. The molecule has 0 aliphatic heterocycles. The molecule has 120 valence electrons. The summed E-state index contributed by atoms with van der Waals surface area (Å²) in [6, 6.07) is 5.28. The SMILES string of the molecule is CCNCc1ccc(OCOCC(F)(F)F)c(OCC)c1. The quantitative estimate of drug-likeness (QED) is 0.562. The zero-order chi connectivity index (χ0) is 15.7. The predicted molar refractivity (Wildman–Crippen MR) is 72.5 cm³/mol. The summed E-state index contributed by atoms with van der Waals surface area (Å²) >= 11 is 0. The average molecular weight is 307 g/mol. The van der Waals surface area contributed by atoms with Crippen molar-refractivity contribution in [3.05, 3.63) is 23.8 Å². The molecule has 0 spiro atoms. The number of rotatable bonds is 9. The van der Waals surface area contributed by atoms with Crippen molar-refractivity contribution in [2.75, 3.05) is 26.6 Å². The maximum atomic E-state index is 11.9. The smallest absolute Gasteiger partial charge is 0.411 e. The number of benzene rings is 1. The molecule has 0 aliphatic carbocycles. The molecule has 7 heteroatoms. The van der Waals surface area contributed by atoms with E-state index in [2.05, 4.69) is 10.1 Å². The van der Waals surface area contributed by atoms with Gasteiger partial charge in [0.1, 0.15) is 6.61 Å². The van der Waals surface area contributed by atoms with Crippen LogP contribution in [0.5, 0.6) is 11.5 Å². The van der Waals surface area contributed by atoms with Crippen molar-refractivity contribution in [2.45, 2.75) is 26.6 Å². The minimum absolute atomic E-state index is 0.360. The molecule has 1 aromatic carbocycles. The molecule has 0 fully saturated rings. The molecule has 0 bridgehead atoms. The van der Waals surface area contributed by atoms with Gasteiger partial charge < -0.3 is 19.5 Å². The number of nitrogens with one attached hydrogen (secondary N) is 1. The Labute approximate surface area is 122 Å². The van der Waals surface area contributed by atoms with Crippen LogP contribution in [0.2, 0.25) is 0 Å². The highest BCUT2D eigenvalue weighted by Gasteiger charge is 2.27. The number of ether oxygens (including phenoxy) is 3. The van der Waals surface area contributed by atoms with E-state index in [1.54, 1.807) is 12.1 Å². The first kappa shape index (κ1) is 17.6. The standard InChI is InChI=1S/C14H20F3NO3/c1-3-18-8-11-5-6-12(13(7-11)20-4-2)21-10-19-9-14(15,16)17/h5-7,18H,3-4,8-10H2,1-2H3. The molecule has 21 heavy (non-hydrogen) atoms. The van der Waals surface area contributed by atoms with Crippen LogP contribution in [-0.2, 0) is 11.3 Å². The molecule has 1 N–H and O–H groups in total. The summed E-state index contributed by atoms with van der Waals surface area (Å²) in [6.07, 6.45) is -4.36. The molecule has 0 saturated heterocycles. The van der Waals surface area contributed by atoms with Gasteiger partial charge in [0, 0.05) is 6.54 Å². The molecule has 4 nitrogen and oxygen atoms in total. The molecule has 0 amide bonds. The van der Waals surface area contributed by atoms with E-state index in [9.17, 15) is 13.2 Å². The second-order valence-electron chi connectivity index (χ2n) is 4.22. The lowest BCUT2D eigenvalue weighted by Gasteiger charge is -2.14. The van der Waals surface area contributed by atoms with Gasteiger partial charge in [-0.25, -0.2) is 0 Å². The third-order valence-corrected chi connectivity index (χ3v) is 2.45. The summed E-state index contributed by atoms with van der Waals surface area (Å²) < 4.78 is 50.8. The number of hydrogen-bond acceptors (Lipinski definition) is 4. The van der Waals surface area contributed by atoms with Crippen LogP contribution in [0.4, 0.5) is 13.2 Å². The minimum atomic E-state index is -4.36. The van der Waals surface area contributed by atoms with Crippen LogP contribution in [0.1, 0.15) is 19.4 Å². The van der Waals surface area contributed by atoms with Crippen LogP contribution in [-0.4, -0.2) is 32.7 Å². The summed E-state index contributed by atoms with van der Waals surface area (Å²) in [6.45, 7) is 3.96. The van der Waals surface area contributed by atoms with E-state index in [1.807, 2.05) is 19.9 Å². The van der Waals surface area contributed by atoms with Crippen LogP contribution in [0.25, 0.3) is 0 Å². The van der Waals surface area contributed by atoms with Gasteiger partial charge in [-0.05, 0) is 31.2 Å². The van der Waals surface area contributed by atoms with Gasteiger partial charge in [-0.2, -0.15) is 13.2 Å². The van der Waals surface area contributed by atoms with Gasteiger partial charge in [0.25, 0.3) is 0 Å². The zero-order valence-corrected chi connectivity index (χ0v) is 12.1. The van der Waals surface area contributed by atoms with E-state index in [0.29, 0.717) is 24.7 Å². The maximum absolute atomic E-state index is 11.9. The predicted octanol–water partition coefficient (Wildman–Crippen LogP) is 3.11. The van der Waals surface area contributed by atoms with Crippen LogP contribution in [0.15, 0.2) is 18.2 Å². The molecular weight excluding hydrogens is 287 g/mol. The van der Waals surface area contributed by atoms with E-state index in [0.717, 1.165) is 12.1 Å². The summed E-state index contributed by atoms with van der Waals surface area (Å²) in [5.74, 6) is 0.850. The highest BCUT2D eigenvalue weighted by atomic mass is 19.4. The van der Waals surface area contributed by atoms with Crippen molar-refractivity contribution in [1.29, 1.82) is 0 Å². The summed E-state index contributed by atoms with van der Waals surface area (Å²) in [4.78, 5) is 0. The lowest BCUT2D eigenvalue weighted by atomic mass is 10.2. The van der Waals surface area contributed by atoms with E-state index >= 15 is 0 Å². The van der Waals surface area contributed by atoms with Crippen molar-refractivity contribution in [3.8, 4) is 11.5 Å². The van der Waals surface area contributed by atoms with E-state index in [-0.39, 0.29) is 0 Å². The number of alkyl halides is 3. The van der Waals surface area contributed by atoms with Crippen LogP contribution >= 0.6 is 0 Å². The van der Waals surface area contributed by atoms with Gasteiger partial charge in [0.15, 0.2) is 18.3 Å². The van der Waals surface area contributed by atoms with Crippen molar-refractivity contribution in [3.63, 3.8) is 0 Å². The molecule has 0 aromatic heterocycles. The van der Waals surface area contributed by atoms with Crippen LogP contribution in [0, 0.1) is 0 Å². The van der Waals surface area contributed by atoms with Crippen molar-refractivity contribution < 1.29 is 27.4 Å². The normalized spacial score (nSPS) is 11.5. The highest BCUT2D eigenvalue weighted by Crippen LogP contribution is 2.28. The van der Waals surface area contributed by atoms with Crippen molar-refractivity contribution >= 4 is 0 Å². The maximum Gasteiger partial charge on any atom is 0.411 e. The summed E-state index contributed by atoms with van der Waals surface area (Å²) in [7, 11) is 0. The monoisotopic (exact) mass is 307 g/mol. The molecule has 0 saturated carbocycles. The first-order valence-electron chi connectivity index (χ1n) is 6.70. The highest BCUT2D eigenvalue weighted by molar-refractivity contribution is 5.43. The molecule has 0 heterocycles. The Morgan fingerprint density at radius 2 is 1.86 bits per heavy atom. The third-order valence-electron chi connectivity index (χ3n) is 2.45. The molecule has 0 atom stereocenters. The van der Waals surface area contributed by atoms with Gasteiger partial charge in [-0.1, -0.05) is 13.0 Å². The Hall–Kier alpha value is -1.47. The van der Waals surface area contributed by atoms with E-state index in [4.69, 9.17) is 9.47 Å². The summed E-state index contributed by atoms with van der Waals surface area (Å²) in [5, 5.41) is 3.18. The zero-order valence-electron chi connectivity index (χ0n) is 12.1. The Bertz CT molecular complexity index is 424. The van der Waals surface area contributed by atoms with E-state index in [1.165, 1.54) is 0 Å². The second kappa shape index (κ2) is 8.74. The molecule has 1 rings (SSSR count). The van der Waals surface area contributed by atoms with Crippen LogP contribution < -0.4 is 14.8 Å². The molecule has 0 radical (unpaired) electrons. The fourth-order valence-corrected chi connectivity index (χ4v) is 1.58. The second-order valence-corrected chi connectivity index (χ2v) is 4.22. The van der Waals surface area contributed by atoms with Gasteiger partial charge in [0.05, 0.1) is 6.61 Å². The lowest BCUT2D eigenvalue weighted by Crippen LogP contribution is -2.19. The topological polar surface area (TPSA) is 39.7 Å². The summed E-state index contributed by atoms with van der Waals surface area (Å²) in [5.41, 5.74) is 1.00. The lowest BCUT2D eigenvalue weighted by molar-refractivity contribution is -0.186. The van der Waals surface area contributed by atoms with Gasteiger partial charge in [-0.15, -0.1) is 0 Å². The van der Waals surface area contributed by atoms with Gasteiger partial charge in [-0.3, -0.25) is 0 Å². The molecule has 0 unspecified atom stereocenters. The molecule has 0 aliphatic rings. The Morgan fingerprint density at radius 1 is 1.10 bits per heavy atom. The van der Waals surface area contributed by atoms with Gasteiger partial charge >= 0.3 is 6.18 Å². The van der Waals surface area contributed by atoms with Crippen molar-refractivity contribution in [1.82, 2.24) is 5.32 Å². The largest absolute Gasteiger partial charge is 0.490 e. The van der Waals surface area contributed by atoms with Crippen molar-refractivity contribution in [2.24, 2.45) is 0 Å². The van der Waals surface area contributed by atoms with E-state index < -0.39 is 19.6 Å². The Balaban J connectivity index is 2.59. The Morgan fingerprint density at radius 3 is 2.48 bits per heavy atom. The first-order chi connectivity index (χ1) is 9.96. The van der Waals surface area contributed by atoms with Gasteiger partial charge in [0.2, 0.25) is 0 Å². The third kappa shape index (κ3) is 7.19. The fraction of sp³-hybridized carbons (Fsp3) is 0.571. The first-order valence-corrected chi connectivity index (χ1v) is 6.70. The number of hydrogen-bond donors (Lipinski definition) is 1.